The molecule has 3 aromatic heterocycles. The van der Waals surface area contributed by atoms with Crippen molar-refractivity contribution < 1.29 is 27.1 Å². The van der Waals surface area contributed by atoms with Crippen molar-refractivity contribution in [3.8, 4) is 22.9 Å². The number of hydrogen-bond acceptors (Lipinski definition) is 6. The van der Waals surface area contributed by atoms with E-state index in [2.05, 4.69) is 20.2 Å². The number of nitrogens with zero attached hydrogens (tertiary/aromatic N) is 3. The molecule has 3 N–H and O–H groups in total. The van der Waals surface area contributed by atoms with Gasteiger partial charge >= 0.3 is 6.18 Å². The average molecular weight is 473 g/mol. The van der Waals surface area contributed by atoms with Crippen LogP contribution in [0.1, 0.15) is 27.3 Å². The van der Waals surface area contributed by atoms with Gasteiger partial charge in [0, 0.05) is 12.3 Å². The van der Waals surface area contributed by atoms with Crippen molar-refractivity contribution in [2.75, 3.05) is 0 Å². The summed E-state index contributed by atoms with van der Waals surface area (Å²) in [4.78, 5) is 31.1. The summed E-state index contributed by atoms with van der Waals surface area (Å²) in [7, 11) is 0. The molecule has 0 bridgehead atoms. The van der Waals surface area contributed by atoms with Crippen molar-refractivity contribution >= 4 is 16.8 Å². The molecular weight excluding hydrogens is 458 g/mol. The molecule has 0 atom stereocenters. The van der Waals surface area contributed by atoms with Gasteiger partial charge in [-0.3, -0.25) is 14.6 Å². The Morgan fingerprint density at radius 2 is 1.85 bits per heavy atom. The van der Waals surface area contributed by atoms with E-state index in [0.717, 1.165) is 19.1 Å². The Labute approximate surface area is 188 Å². The SMILES string of the molecule is Cc1cc(F)ccc1Oc1nnc(C(F)(F)F)c(C)c1-c1cc(=O)c2c(C(N)=O)nccc2[nH]1. The Bertz CT molecular complexity index is 1520. The zero-order valence-electron chi connectivity index (χ0n) is 17.6. The number of halogens is 4. The number of nitrogens with one attached hydrogen (secondary N) is 1. The summed E-state index contributed by atoms with van der Waals surface area (Å²) in [5.74, 6) is -1.70. The van der Waals surface area contributed by atoms with Crippen LogP contribution in [0.4, 0.5) is 17.6 Å². The van der Waals surface area contributed by atoms with Crippen LogP contribution in [-0.2, 0) is 6.18 Å². The summed E-state index contributed by atoms with van der Waals surface area (Å²) >= 11 is 0. The lowest BCUT2D eigenvalue weighted by Crippen LogP contribution is -2.18. The molecule has 4 aromatic rings. The standard InChI is InChI=1S/C22H15F4N5O3/c1-9-7-11(23)3-4-15(9)34-21-16(10(2)19(30-31-21)22(24,25)26)13-8-14(32)17-12(29-13)5-6-28-18(17)20(27)33/h3-8H,1-2H3,(H2,27,33)(H,29,32). The minimum Gasteiger partial charge on any atom is -0.437 e. The van der Waals surface area contributed by atoms with Crippen LogP contribution in [0.2, 0.25) is 0 Å². The lowest BCUT2D eigenvalue weighted by molar-refractivity contribution is -0.142. The van der Waals surface area contributed by atoms with E-state index in [1.165, 1.54) is 24.4 Å². The van der Waals surface area contributed by atoms with E-state index in [-0.39, 0.29) is 45.0 Å². The number of benzene rings is 1. The highest BCUT2D eigenvalue weighted by atomic mass is 19.4. The third-order valence-electron chi connectivity index (χ3n) is 5.04. The largest absolute Gasteiger partial charge is 0.437 e. The molecule has 0 saturated heterocycles. The number of aryl methyl sites for hydroxylation is 1. The highest BCUT2D eigenvalue weighted by Gasteiger charge is 2.37. The maximum atomic E-state index is 13.6. The van der Waals surface area contributed by atoms with Crippen LogP contribution in [0.5, 0.6) is 11.6 Å². The van der Waals surface area contributed by atoms with Crippen LogP contribution in [0.3, 0.4) is 0 Å². The molecule has 0 spiro atoms. The van der Waals surface area contributed by atoms with Crippen molar-refractivity contribution in [1.29, 1.82) is 0 Å². The first-order chi connectivity index (χ1) is 16.0. The zero-order chi connectivity index (χ0) is 24.8. The van der Waals surface area contributed by atoms with Gasteiger partial charge in [-0.05, 0) is 49.2 Å². The number of aromatic amines is 1. The molecule has 0 aliphatic heterocycles. The number of carbonyl (C=O) groups is 1. The quantitative estimate of drug-likeness (QED) is 0.431. The van der Waals surface area contributed by atoms with E-state index in [4.69, 9.17) is 10.5 Å². The van der Waals surface area contributed by atoms with Crippen molar-refractivity contribution in [2.45, 2.75) is 20.0 Å². The lowest BCUT2D eigenvalue weighted by atomic mass is 10.0. The molecule has 0 fully saturated rings. The second-order valence-corrected chi connectivity index (χ2v) is 7.36. The molecule has 4 rings (SSSR count). The number of fused-ring (bicyclic) bond motifs is 1. The van der Waals surface area contributed by atoms with Gasteiger partial charge in [-0.1, -0.05) is 0 Å². The second kappa shape index (κ2) is 8.21. The van der Waals surface area contributed by atoms with Crippen molar-refractivity contribution in [3.05, 3.63) is 75.1 Å². The molecule has 3 heterocycles. The third kappa shape index (κ3) is 4.05. The fourth-order valence-corrected chi connectivity index (χ4v) is 3.51. The Morgan fingerprint density at radius 3 is 2.50 bits per heavy atom. The van der Waals surface area contributed by atoms with Gasteiger partial charge in [-0.25, -0.2) is 4.39 Å². The van der Waals surface area contributed by atoms with Gasteiger partial charge in [-0.15, -0.1) is 10.2 Å². The molecule has 34 heavy (non-hydrogen) atoms. The van der Waals surface area contributed by atoms with E-state index in [0.29, 0.717) is 5.56 Å². The third-order valence-corrected chi connectivity index (χ3v) is 5.04. The number of pyridine rings is 2. The van der Waals surface area contributed by atoms with Gasteiger partial charge in [0.2, 0.25) is 5.88 Å². The highest BCUT2D eigenvalue weighted by molar-refractivity contribution is 6.03. The minimum absolute atomic E-state index is 0.0771. The number of carbonyl (C=O) groups excluding carboxylic acids is 1. The summed E-state index contributed by atoms with van der Waals surface area (Å²) in [6, 6.07) is 5.94. The van der Waals surface area contributed by atoms with Crippen molar-refractivity contribution in [3.63, 3.8) is 0 Å². The van der Waals surface area contributed by atoms with Crippen LogP contribution in [0.25, 0.3) is 22.2 Å². The van der Waals surface area contributed by atoms with Gasteiger partial charge < -0.3 is 15.5 Å². The summed E-state index contributed by atoms with van der Waals surface area (Å²) in [6.07, 6.45) is -3.61. The van der Waals surface area contributed by atoms with E-state index in [1.54, 1.807) is 6.92 Å². The Morgan fingerprint density at radius 1 is 1.12 bits per heavy atom. The number of rotatable bonds is 4. The van der Waals surface area contributed by atoms with Crippen LogP contribution >= 0.6 is 0 Å². The van der Waals surface area contributed by atoms with Gasteiger partial charge in [0.05, 0.1) is 22.2 Å². The lowest BCUT2D eigenvalue weighted by Gasteiger charge is -2.17. The minimum atomic E-state index is -4.84. The normalized spacial score (nSPS) is 11.6. The summed E-state index contributed by atoms with van der Waals surface area (Å²) in [6.45, 7) is 2.69. The van der Waals surface area contributed by atoms with Crippen molar-refractivity contribution in [1.82, 2.24) is 20.2 Å². The number of H-pyrrole nitrogens is 1. The predicted octanol–water partition coefficient (Wildman–Crippen LogP) is 4.05. The summed E-state index contributed by atoms with van der Waals surface area (Å²) in [5.41, 5.74) is 2.84. The Kier molecular flexibility index (Phi) is 5.51. The zero-order valence-corrected chi connectivity index (χ0v) is 17.6. The van der Waals surface area contributed by atoms with Gasteiger partial charge in [-0.2, -0.15) is 13.2 Å². The van der Waals surface area contributed by atoms with Crippen LogP contribution < -0.4 is 15.9 Å². The first-order valence-corrected chi connectivity index (χ1v) is 9.68. The number of amides is 1. The van der Waals surface area contributed by atoms with E-state index in [9.17, 15) is 27.2 Å². The topological polar surface area (TPSA) is 124 Å². The fourth-order valence-electron chi connectivity index (χ4n) is 3.51. The number of alkyl halides is 3. The fraction of sp³-hybridized carbons (Fsp3) is 0.136. The van der Waals surface area contributed by atoms with Crippen molar-refractivity contribution in [2.24, 2.45) is 5.73 Å². The first kappa shape index (κ1) is 22.8. The van der Waals surface area contributed by atoms with Gasteiger partial charge in [0.1, 0.15) is 17.3 Å². The molecule has 1 amide bonds. The molecule has 0 radical (unpaired) electrons. The molecule has 0 aliphatic rings. The molecule has 0 unspecified atom stereocenters. The van der Waals surface area contributed by atoms with E-state index in [1.807, 2.05) is 0 Å². The Balaban J connectivity index is 1.99. The average Bonchev–Trinajstić information content (AvgIpc) is 2.74. The van der Waals surface area contributed by atoms with Crippen LogP contribution in [0.15, 0.2) is 41.3 Å². The molecule has 0 aliphatic carbocycles. The molecule has 174 valence electrons. The maximum Gasteiger partial charge on any atom is 0.435 e. The smallest absolute Gasteiger partial charge is 0.435 e. The van der Waals surface area contributed by atoms with E-state index >= 15 is 0 Å². The molecule has 1 aromatic carbocycles. The van der Waals surface area contributed by atoms with Crippen LogP contribution in [-0.4, -0.2) is 26.1 Å². The number of ether oxygens (including phenoxy) is 1. The number of aromatic nitrogens is 4. The number of nitrogens with two attached hydrogens (primary N) is 1. The highest BCUT2D eigenvalue weighted by Crippen LogP contribution is 2.39. The monoisotopic (exact) mass is 473 g/mol. The van der Waals surface area contributed by atoms with Gasteiger partial charge in [0.25, 0.3) is 5.91 Å². The van der Waals surface area contributed by atoms with Gasteiger partial charge in [0.15, 0.2) is 11.1 Å². The summed E-state index contributed by atoms with van der Waals surface area (Å²) < 4.78 is 59.9. The van der Waals surface area contributed by atoms with E-state index < -0.39 is 29.0 Å². The molecule has 8 nitrogen and oxygen atoms in total. The summed E-state index contributed by atoms with van der Waals surface area (Å²) in [5, 5.41) is 6.75. The predicted molar refractivity (Wildman–Crippen MR) is 113 cm³/mol. The first-order valence-electron chi connectivity index (χ1n) is 9.68. The number of primary amides is 1. The maximum absolute atomic E-state index is 13.6. The molecule has 12 heteroatoms. The Hall–Kier alpha value is -4.35. The molecule has 0 saturated carbocycles. The van der Waals surface area contributed by atoms with Crippen LogP contribution in [0, 0.1) is 19.7 Å². The molecular formula is C22H15F4N5O3. The number of hydrogen-bond donors (Lipinski definition) is 2. The second-order valence-electron chi connectivity index (χ2n) is 7.36.